The number of hydrogen-bond acceptors (Lipinski definition) is 6. The topological polar surface area (TPSA) is 98.1 Å². The summed E-state index contributed by atoms with van der Waals surface area (Å²) in [6.07, 6.45) is 1.58. The number of carbonyl (C=O) groups excluding carboxylic acids is 2. The Labute approximate surface area is 172 Å². The van der Waals surface area contributed by atoms with Gasteiger partial charge in [-0.3, -0.25) is 9.59 Å². The molecule has 2 amide bonds. The molecule has 0 saturated heterocycles. The first-order chi connectivity index (χ1) is 14.1. The van der Waals surface area contributed by atoms with Crippen molar-refractivity contribution in [2.45, 2.75) is 12.1 Å². The van der Waals surface area contributed by atoms with E-state index in [2.05, 4.69) is 20.8 Å². The van der Waals surface area contributed by atoms with Gasteiger partial charge in [0.1, 0.15) is 12.1 Å². The van der Waals surface area contributed by atoms with Crippen molar-refractivity contribution in [1.82, 2.24) is 14.8 Å². The van der Waals surface area contributed by atoms with Gasteiger partial charge in [0, 0.05) is 18.3 Å². The summed E-state index contributed by atoms with van der Waals surface area (Å²) in [6, 6.07) is 14.0. The van der Waals surface area contributed by atoms with E-state index in [-0.39, 0.29) is 17.6 Å². The summed E-state index contributed by atoms with van der Waals surface area (Å²) in [4.78, 5) is 24.6. The molecule has 0 radical (unpaired) electrons. The van der Waals surface area contributed by atoms with Crippen molar-refractivity contribution in [3.63, 3.8) is 0 Å². The second kappa shape index (κ2) is 9.74. The van der Waals surface area contributed by atoms with E-state index in [1.165, 1.54) is 11.8 Å². The fraction of sp³-hybridized carbons (Fsp3) is 0.200. The number of ether oxygens (including phenoxy) is 1. The summed E-state index contributed by atoms with van der Waals surface area (Å²) < 4.78 is 7.26. The number of rotatable bonds is 8. The molecule has 0 aliphatic rings. The number of nitrogens with one attached hydrogen (secondary N) is 2. The zero-order valence-corrected chi connectivity index (χ0v) is 16.9. The molecule has 0 aliphatic heterocycles. The quantitative estimate of drug-likeness (QED) is 0.553. The van der Waals surface area contributed by atoms with Crippen LogP contribution in [0.3, 0.4) is 0 Å². The maximum atomic E-state index is 12.5. The molecule has 2 aromatic carbocycles. The van der Waals surface area contributed by atoms with Crippen LogP contribution < -0.4 is 15.4 Å². The zero-order chi connectivity index (χ0) is 20.6. The molecule has 9 heteroatoms. The van der Waals surface area contributed by atoms with Crippen LogP contribution in [0.25, 0.3) is 0 Å². The summed E-state index contributed by atoms with van der Waals surface area (Å²) in [5.41, 5.74) is 1.69. The fourth-order valence-electron chi connectivity index (χ4n) is 2.48. The van der Waals surface area contributed by atoms with Crippen LogP contribution in [0.4, 0.5) is 11.4 Å². The smallest absolute Gasteiger partial charge is 0.255 e. The highest BCUT2D eigenvalue weighted by Crippen LogP contribution is 2.24. The number of anilines is 2. The number of nitrogens with zero attached hydrogens (tertiary/aromatic N) is 3. The van der Waals surface area contributed by atoms with Gasteiger partial charge in [-0.1, -0.05) is 23.9 Å². The van der Waals surface area contributed by atoms with Gasteiger partial charge in [-0.2, -0.15) is 0 Å². The van der Waals surface area contributed by atoms with Crippen LogP contribution in [0.2, 0.25) is 0 Å². The highest BCUT2D eigenvalue weighted by molar-refractivity contribution is 7.99. The zero-order valence-electron chi connectivity index (χ0n) is 16.1. The summed E-state index contributed by atoms with van der Waals surface area (Å²) >= 11 is 1.30. The lowest BCUT2D eigenvalue weighted by molar-refractivity contribution is -0.113. The van der Waals surface area contributed by atoms with Crippen LogP contribution in [0.15, 0.2) is 60.0 Å². The van der Waals surface area contributed by atoms with Crippen LogP contribution in [0, 0.1) is 0 Å². The van der Waals surface area contributed by atoms with Gasteiger partial charge < -0.3 is 19.9 Å². The van der Waals surface area contributed by atoms with Crippen molar-refractivity contribution in [3.8, 4) is 5.75 Å². The van der Waals surface area contributed by atoms with Gasteiger partial charge in [-0.15, -0.1) is 10.2 Å². The number of hydrogen-bond donors (Lipinski definition) is 2. The second-order valence-electron chi connectivity index (χ2n) is 6.02. The average Bonchev–Trinajstić information content (AvgIpc) is 3.13. The van der Waals surface area contributed by atoms with E-state index in [0.29, 0.717) is 34.5 Å². The molecule has 3 aromatic rings. The summed E-state index contributed by atoms with van der Waals surface area (Å²) in [6.45, 7) is 2.40. The van der Waals surface area contributed by atoms with Gasteiger partial charge in [0.2, 0.25) is 5.91 Å². The molecule has 0 fully saturated rings. The first-order valence-electron chi connectivity index (χ1n) is 8.96. The Morgan fingerprint density at radius 3 is 2.55 bits per heavy atom. The van der Waals surface area contributed by atoms with Crippen molar-refractivity contribution in [3.05, 3.63) is 60.4 Å². The van der Waals surface area contributed by atoms with E-state index in [0.717, 1.165) is 0 Å². The predicted molar refractivity (Wildman–Crippen MR) is 112 cm³/mol. The first-order valence-corrected chi connectivity index (χ1v) is 9.95. The normalized spacial score (nSPS) is 10.4. The lowest BCUT2D eigenvalue weighted by Crippen LogP contribution is -2.15. The third kappa shape index (κ3) is 5.58. The van der Waals surface area contributed by atoms with Crippen molar-refractivity contribution >= 4 is 35.0 Å². The Balaban J connectivity index is 1.56. The Morgan fingerprint density at radius 1 is 1.10 bits per heavy atom. The number of benzene rings is 2. The van der Waals surface area contributed by atoms with Gasteiger partial charge in [-0.05, 0) is 43.3 Å². The Kier molecular flexibility index (Phi) is 6.85. The maximum absolute atomic E-state index is 12.5. The first kappa shape index (κ1) is 20.4. The molecule has 0 unspecified atom stereocenters. The molecule has 3 rings (SSSR count). The van der Waals surface area contributed by atoms with E-state index in [1.54, 1.807) is 47.3 Å². The van der Waals surface area contributed by atoms with Crippen molar-refractivity contribution in [2.75, 3.05) is 23.0 Å². The minimum atomic E-state index is -0.257. The summed E-state index contributed by atoms with van der Waals surface area (Å²) in [5, 5.41) is 14.0. The SMILES string of the molecule is CCOc1ccccc1NC(=O)c1ccc(NC(=O)CSc2nncn2C)cc1. The highest BCUT2D eigenvalue weighted by atomic mass is 32.2. The van der Waals surface area contributed by atoms with E-state index in [4.69, 9.17) is 4.74 Å². The Bertz CT molecular complexity index is 988. The molecule has 29 heavy (non-hydrogen) atoms. The number of amides is 2. The van der Waals surface area contributed by atoms with Crippen molar-refractivity contribution < 1.29 is 14.3 Å². The van der Waals surface area contributed by atoms with Gasteiger partial charge in [-0.25, -0.2) is 0 Å². The van der Waals surface area contributed by atoms with E-state index in [9.17, 15) is 9.59 Å². The van der Waals surface area contributed by atoms with E-state index < -0.39 is 0 Å². The van der Waals surface area contributed by atoms with Crippen molar-refractivity contribution in [2.24, 2.45) is 7.05 Å². The van der Waals surface area contributed by atoms with Crippen LogP contribution in [0.1, 0.15) is 17.3 Å². The fourth-order valence-corrected chi connectivity index (χ4v) is 3.17. The van der Waals surface area contributed by atoms with Gasteiger partial charge in [0.05, 0.1) is 18.0 Å². The maximum Gasteiger partial charge on any atom is 0.255 e. The minimum Gasteiger partial charge on any atom is -0.492 e. The summed E-state index contributed by atoms with van der Waals surface area (Å²) in [7, 11) is 1.82. The van der Waals surface area contributed by atoms with E-state index >= 15 is 0 Å². The molecule has 1 heterocycles. The summed E-state index contributed by atoms with van der Waals surface area (Å²) in [5.74, 6) is 0.407. The number of para-hydroxylation sites is 2. The molecule has 0 bridgehead atoms. The minimum absolute atomic E-state index is 0.166. The van der Waals surface area contributed by atoms with Crippen LogP contribution in [0.5, 0.6) is 5.75 Å². The van der Waals surface area contributed by atoms with Gasteiger partial charge in [0.15, 0.2) is 5.16 Å². The van der Waals surface area contributed by atoms with Crippen LogP contribution >= 0.6 is 11.8 Å². The molecule has 150 valence electrons. The molecule has 0 saturated carbocycles. The Hall–Kier alpha value is -3.33. The highest BCUT2D eigenvalue weighted by Gasteiger charge is 2.11. The average molecular weight is 411 g/mol. The predicted octanol–water partition coefficient (Wildman–Crippen LogP) is 3.20. The monoisotopic (exact) mass is 411 g/mol. The number of thioether (sulfide) groups is 1. The number of aryl methyl sites for hydroxylation is 1. The number of carbonyl (C=O) groups is 2. The van der Waals surface area contributed by atoms with Crippen molar-refractivity contribution in [1.29, 1.82) is 0 Å². The molecule has 0 aliphatic carbocycles. The Morgan fingerprint density at radius 2 is 1.86 bits per heavy atom. The van der Waals surface area contributed by atoms with Gasteiger partial charge in [0.25, 0.3) is 5.91 Å². The molecular formula is C20H21N5O3S. The molecule has 1 aromatic heterocycles. The largest absolute Gasteiger partial charge is 0.492 e. The lowest BCUT2D eigenvalue weighted by atomic mass is 10.2. The van der Waals surface area contributed by atoms with Crippen LogP contribution in [-0.4, -0.2) is 38.9 Å². The molecule has 0 spiro atoms. The second-order valence-corrected chi connectivity index (χ2v) is 6.96. The standard InChI is InChI=1S/C20H21N5O3S/c1-3-28-17-7-5-4-6-16(17)23-19(27)14-8-10-15(11-9-14)22-18(26)12-29-20-24-21-13-25(20)2/h4-11,13H,3,12H2,1-2H3,(H,22,26)(H,23,27). The third-order valence-electron chi connectivity index (χ3n) is 3.87. The molecule has 8 nitrogen and oxygen atoms in total. The molecule has 0 atom stereocenters. The van der Waals surface area contributed by atoms with Crippen LogP contribution in [-0.2, 0) is 11.8 Å². The third-order valence-corrected chi connectivity index (χ3v) is 4.90. The number of aromatic nitrogens is 3. The van der Waals surface area contributed by atoms with Gasteiger partial charge >= 0.3 is 0 Å². The molecule has 2 N–H and O–H groups in total. The van der Waals surface area contributed by atoms with E-state index in [1.807, 2.05) is 26.1 Å². The molecular weight excluding hydrogens is 390 g/mol. The lowest BCUT2D eigenvalue weighted by Gasteiger charge is -2.11.